The number of ether oxygens (including phenoxy) is 2. The Morgan fingerprint density at radius 3 is 2.30 bits per heavy atom. The Morgan fingerprint density at radius 2 is 1.78 bits per heavy atom. The molecule has 2 aliphatic rings. The van der Waals surface area contributed by atoms with Crippen molar-refractivity contribution in [1.29, 1.82) is 0 Å². The molecular weight excluding hydrogens is 384 g/mol. The monoisotopic (exact) mass is 408 g/mol. The largest absolute Gasteiger partial charge is 0.465 e. The van der Waals surface area contributed by atoms with E-state index < -0.39 is 46.4 Å². The number of carbonyl (C=O) groups is 3. The minimum absolute atomic E-state index is 0.0170. The molecule has 2 rings (SSSR count). The number of rotatable bonds is 9. The summed E-state index contributed by atoms with van der Waals surface area (Å²) in [4.78, 5) is 37.9. The van der Waals surface area contributed by atoms with E-state index in [0.29, 0.717) is 19.5 Å². The van der Waals surface area contributed by atoms with E-state index in [4.69, 9.17) is 17.9 Å². The van der Waals surface area contributed by atoms with Gasteiger partial charge in [0.2, 0.25) is 0 Å². The molecule has 0 spiro atoms. The molecule has 0 radical (unpaired) electrons. The summed E-state index contributed by atoms with van der Waals surface area (Å²) in [7, 11) is -4.70. The number of esters is 2. The minimum atomic E-state index is -4.70. The van der Waals surface area contributed by atoms with Crippen LogP contribution in [-0.2, 0) is 37.9 Å². The third-order valence-corrected chi connectivity index (χ3v) is 5.05. The fraction of sp³-hybridized carbons (Fsp3) is 0.800. The normalized spacial score (nSPS) is 20.0. The zero-order valence-electron chi connectivity index (χ0n) is 15.5. The van der Waals surface area contributed by atoms with Crippen molar-refractivity contribution in [2.24, 2.45) is 5.41 Å². The van der Waals surface area contributed by atoms with Crippen LogP contribution >= 0.6 is 0 Å². The van der Waals surface area contributed by atoms with E-state index in [1.807, 2.05) is 0 Å². The molecule has 12 heteroatoms. The number of nitrogens with zero attached hydrogens (tertiary/aromatic N) is 2. The number of hydrogen-bond donors (Lipinski definition) is 0. The number of carbonyl (C=O) groups excluding carboxylic acids is 3. The lowest BCUT2D eigenvalue weighted by Gasteiger charge is -2.25. The van der Waals surface area contributed by atoms with E-state index >= 15 is 0 Å². The SMILES string of the molecule is CCOC(=O)C(C)(COS(=O)(=O)ON1C(=O)N2CCC[C@@H]1C2)C(=O)OCC. The first kappa shape index (κ1) is 21.4. The fourth-order valence-electron chi connectivity index (χ4n) is 2.80. The van der Waals surface area contributed by atoms with E-state index in [0.717, 1.165) is 18.4 Å². The first-order chi connectivity index (χ1) is 12.6. The second kappa shape index (κ2) is 8.40. The number of amides is 2. The maximum Gasteiger partial charge on any atom is 0.421 e. The Hall–Kier alpha value is -1.92. The highest BCUT2D eigenvalue weighted by molar-refractivity contribution is 7.81. The van der Waals surface area contributed by atoms with Crippen molar-refractivity contribution in [1.82, 2.24) is 9.96 Å². The summed E-state index contributed by atoms with van der Waals surface area (Å²) in [6.45, 7) is 4.21. The lowest BCUT2D eigenvalue weighted by Crippen LogP contribution is -2.44. The molecule has 0 aromatic carbocycles. The van der Waals surface area contributed by atoms with Gasteiger partial charge in [-0.25, -0.2) is 8.98 Å². The van der Waals surface area contributed by atoms with Gasteiger partial charge in [0.05, 0.1) is 25.9 Å². The van der Waals surface area contributed by atoms with Crippen LogP contribution in [0.15, 0.2) is 0 Å². The van der Waals surface area contributed by atoms with Gasteiger partial charge in [0.25, 0.3) is 0 Å². The first-order valence-electron chi connectivity index (χ1n) is 8.66. The molecule has 0 aliphatic carbocycles. The van der Waals surface area contributed by atoms with E-state index in [2.05, 4.69) is 0 Å². The molecule has 2 saturated heterocycles. The second-order valence-electron chi connectivity index (χ2n) is 6.37. The minimum Gasteiger partial charge on any atom is -0.465 e. The highest BCUT2D eigenvalue weighted by Crippen LogP contribution is 2.28. The lowest BCUT2D eigenvalue weighted by molar-refractivity contribution is -0.173. The van der Waals surface area contributed by atoms with Gasteiger partial charge in [-0.3, -0.25) is 9.59 Å². The molecule has 0 N–H and O–H groups in total. The van der Waals surface area contributed by atoms with Crippen LogP contribution in [0.2, 0.25) is 0 Å². The molecule has 0 unspecified atom stereocenters. The highest BCUT2D eigenvalue weighted by Gasteiger charge is 2.48. The summed E-state index contributed by atoms with van der Waals surface area (Å²) in [6.07, 6.45) is 1.34. The maximum absolute atomic E-state index is 12.2. The quantitative estimate of drug-likeness (QED) is 0.388. The molecule has 2 bridgehead atoms. The van der Waals surface area contributed by atoms with Crippen molar-refractivity contribution < 1.29 is 40.7 Å². The summed E-state index contributed by atoms with van der Waals surface area (Å²) in [5, 5.41) is 0.758. The van der Waals surface area contributed by atoms with Gasteiger partial charge in [-0.2, -0.15) is 13.5 Å². The Morgan fingerprint density at radius 1 is 1.19 bits per heavy atom. The highest BCUT2D eigenvalue weighted by atomic mass is 32.3. The number of hydroxylamine groups is 2. The molecular formula is C15H24N2O9S. The van der Waals surface area contributed by atoms with Crippen molar-refractivity contribution in [2.75, 3.05) is 32.9 Å². The number of piperidine rings is 1. The number of hydrogen-bond acceptors (Lipinski definition) is 9. The van der Waals surface area contributed by atoms with Crippen LogP contribution in [0, 0.1) is 5.41 Å². The van der Waals surface area contributed by atoms with Crippen molar-refractivity contribution in [3.05, 3.63) is 0 Å². The van der Waals surface area contributed by atoms with Gasteiger partial charge in [-0.1, -0.05) is 0 Å². The topological polar surface area (TPSA) is 129 Å². The molecule has 11 nitrogen and oxygen atoms in total. The molecule has 2 fully saturated rings. The molecule has 2 heterocycles. The molecule has 0 saturated carbocycles. The predicted octanol–water partition coefficient (Wildman–Crippen LogP) is 0.212. The summed E-state index contributed by atoms with van der Waals surface area (Å²) in [5.74, 6) is -1.98. The lowest BCUT2D eigenvalue weighted by atomic mass is 9.92. The fourth-order valence-corrected chi connectivity index (χ4v) is 3.61. The van der Waals surface area contributed by atoms with Gasteiger partial charge in [0.1, 0.15) is 0 Å². The van der Waals surface area contributed by atoms with Crippen molar-refractivity contribution in [2.45, 2.75) is 39.7 Å². The van der Waals surface area contributed by atoms with E-state index in [9.17, 15) is 22.8 Å². The van der Waals surface area contributed by atoms with Gasteiger partial charge in [0.15, 0.2) is 5.41 Å². The summed E-state index contributed by atoms with van der Waals surface area (Å²) in [6, 6.07) is -0.964. The first-order valence-corrected chi connectivity index (χ1v) is 9.99. The molecule has 2 amide bonds. The zero-order chi connectivity index (χ0) is 20.2. The Bertz CT molecular complexity index is 675. The van der Waals surface area contributed by atoms with E-state index in [1.165, 1.54) is 18.7 Å². The molecule has 154 valence electrons. The number of urea groups is 1. The molecule has 1 atom stereocenters. The van der Waals surface area contributed by atoms with Crippen LogP contribution in [0.25, 0.3) is 0 Å². The predicted molar refractivity (Wildman–Crippen MR) is 89.2 cm³/mol. The third kappa shape index (κ3) is 4.68. The van der Waals surface area contributed by atoms with Crippen LogP contribution in [-0.4, -0.2) is 75.3 Å². The zero-order valence-corrected chi connectivity index (χ0v) is 16.3. The van der Waals surface area contributed by atoms with Crippen LogP contribution in [0.5, 0.6) is 0 Å². The number of fused-ring (bicyclic) bond motifs is 2. The van der Waals surface area contributed by atoms with Crippen LogP contribution in [0.4, 0.5) is 4.79 Å². The van der Waals surface area contributed by atoms with Gasteiger partial charge < -0.3 is 14.4 Å². The summed E-state index contributed by atoms with van der Waals surface area (Å²) >= 11 is 0. The average Bonchev–Trinajstić information content (AvgIpc) is 2.82. The standard InChI is InChI=1S/C15H24N2O9S/c1-4-23-12(18)15(3,13(19)24-5-2)10-25-27(21,22)26-17-11-7-6-8-16(9-11)14(17)20/h11H,4-10H2,1-3H3/t11-/m1/s1. The maximum atomic E-state index is 12.2. The average molecular weight is 408 g/mol. The Labute approximate surface area is 157 Å². The van der Waals surface area contributed by atoms with E-state index in [-0.39, 0.29) is 13.2 Å². The van der Waals surface area contributed by atoms with Crippen LogP contribution in [0.3, 0.4) is 0 Å². The smallest absolute Gasteiger partial charge is 0.421 e. The Kier molecular flexibility index (Phi) is 6.65. The Balaban J connectivity index is 2.07. The van der Waals surface area contributed by atoms with Gasteiger partial charge >= 0.3 is 28.4 Å². The van der Waals surface area contributed by atoms with Crippen molar-refractivity contribution in [3.8, 4) is 0 Å². The van der Waals surface area contributed by atoms with E-state index in [1.54, 1.807) is 0 Å². The second-order valence-corrected chi connectivity index (χ2v) is 7.57. The summed E-state index contributed by atoms with van der Waals surface area (Å²) < 4.78 is 43.5. The van der Waals surface area contributed by atoms with Crippen LogP contribution < -0.4 is 0 Å². The van der Waals surface area contributed by atoms with Gasteiger partial charge in [-0.05, 0) is 33.6 Å². The van der Waals surface area contributed by atoms with Crippen LogP contribution in [0.1, 0.15) is 33.6 Å². The van der Waals surface area contributed by atoms with Gasteiger partial charge in [-0.15, -0.1) is 4.28 Å². The molecule has 27 heavy (non-hydrogen) atoms. The van der Waals surface area contributed by atoms with Crippen molar-refractivity contribution in [3.63, 3.8) is 0 Å². The van der Waals surface area contributed by atoms with Gasteiger partial charge in [0, 0.05) is 13.1 Å². The molecule has 0 aromatic rings. The van der Waals surface area contributed by atoms with Crippen molar-refractivity contribution >= 4 is 28.4 Å². The molecule has 2 aliphatic heterocycles. The third-order valence-electron chi connectivity index (χ3n) is 4.30. The summed E-state index contributed by atoms with van der Waals surface area (Å²) in [5.41, 5.74) is -2.00. The molecule has 0 aromatic heterocycles.